The lowest BCUT2D eigenvalue weighted by atomic mass is 10.1. The Kier molecular flexibility index (Phi) is 2.41. The van der Waals surface area contributed by atoms with Crippen LogP contribution in [0.15, 0.2) is 51.7 Å². The van der Waals surface area contributed by atoms with Crippen molar-refractivity contribution in [1.82, 2.24) is 0 Å². The molecule has 104 valence electrons. The maximum atomic E-state index is 12.3. The summed E-state index contributed by atoms with van der Waals surface area (Å²) in [4.78, 5) is 12.3. The van der Waals surface area contributed by atoms with Crippen molar-refractivity contribution in [2.24, 2.45) is 0 Å². The highest BCUT2D eigenvalue weighted by Gasteiger charge is 2.20. The molecule has 4 rings (SSSR count). The molecule has 1 aliphatic rings. The number of ether oxygens (including phenoxy) is 2. The van der Waals surface area contributed by atoms with Crippen LogP contribution in [-0.2, 0) is 0 Å². The molecule has 0 saturated heterocycles. The molecular formula is C16H11NO4. The Hall–Kier alpha value is -2.95. The van der Waals surface area contributed by atoms with Gasteiger partial charge < -0.3 is 19.6 Å². The Labute approximate surface area is 119 Å². The zero-order chi connectivity index (χ0) is 14.4. The van der Waals surface area contributed by atoms with E-state index in [4.69, 9.17) is 19.6 Å². The molecule has 0 saturated carbocycles. The van der Waals surface area contributed by atoms with E-state index >= 15 is 0 Å². The number of benzene rings is 2. The molecule has 0 aliphatic carbocycles. The fourth-order valence-electron chi connectivity index (χ4n) is 2.37. The molecule has 0 radical (unpaired) electrons. The lowest BCUT2D eigenvalue weighted by Crippen LogP contribution is -2.01. The van der Waals surface area contributed by atoms with Crippen molar-refractivity contribution >= 4 is 16.7 Å². The molecule has 21 heavy (non-hydrogen) atoms. The van der Waals surface area contributed by atoms with Gasteiger partial charge in [-0.25, -0.2) is 0 Å². The van der Waals surface area contributed by atoms with E-state index in [1.54, 1.807) is 36.4 Å². The predicted octanol–water partition coefficient (Wildman–Crippen LogP) is 2.77. The number of hydrogen-bond acceptors (Lipinski definition) is 5. The lowest BCUT2D eigenvalue weighted by molar-refractivity contribution is 0.174. The number of anilines is 1. The maximum Gasteiger partial charge on any atom is 0.231 e. The van der Waals surface area contributed by atoms with Crippen LogP contribution in [0.2, 0.25) is 0 Å². The fraction of sp³-hybridized carbons (Fsp3) is 0.0625. The number of nitrogen functional groups attached to an aromatic ring is 1. The van der Waals surface area contributed by atoms with Gasteiger partial charge in [-0.2, -0.15) is 0 Å². The van der Waals surface area contributed by atoms with E-state index in [1.165, 1.54) is 6.07 Å². The second-order valence-electron chi connectivity index (χ2n) is 4.77. The molecule has 1 aromatic heterocycles. The first kappa shape index (κ1) is 11.8. The molecule has 2 N–H and O–H groups in total. The van der Waals surface area contributed by atoms with Crippen molar-refractivity contribution in [3.05, 3.63) is 52.7 Å². The number of fused-ring (bicyclic) bond motifs is 3. The fourth-order valence-corrected chi connectivity index (χ4v) is 2.37. The van der Waals surface area contributed by atoms with Crippen molar-refractivity contribution in [2.45, 2.75) is 0 Å². The normalized spacial score (nSPS) is 12.8. The summed E-state index contributed by atoms with van der Waals surface area (Å²) in [6, 6.07) is 12.0. The number of hydrogen-bond donors (Lipinski definition) is 1. The van der Waals surface area contributed by atoms with Crippen LogP contribution in [0.5, 0.6) is 11.5 Å². The van der Waals surface area contributed by atoms with E-state index in [0.29, 0.717) is 33.9 Å². The maximum absolute atomic E-state index is 12.3. The first-order chi connectivity index (χ1) is 10.2. The van der Waals surface area contributed by atoms with Crippen LogP contribution in [-0.4, -0.2) is 6.79 Å². The monoisotopic (exact) mass is 281 g/mol. The van der Waals surface area contributed by atoms with Crippen molar-refractivity contribution in [3.63, 3.8) is 0 Å². The van der Waals surface area contributed by atoms with Crippen LogP contribution < -0.4 is 20.6 Å². The molecule has 0 bridgehead atoms. The highest BCUT2D eigenvalue weighted by molar-refractivity contribution is 5.87. The molecule has 5 heteroatoms. The van der Waals surface area contributed by atoms with E-state index < -0.39 is 0 Å². The van der Waals surface area contributed by atoms with Gasteiger partial charge in [0.2, 0.25) is 12.5 Å². The summed E-state index contributed by atoms with van der Waals surface area (Å²) in [5.41, 5.74) is 7.38. The van der Waals surface area contributed by atoms with Crippen molar-refractivity contribution in [1.29, 1.82) is 0 Å². The second-order valence-corrected chi connectivity index (χ2v) is 4.77. The molecule has 2 aromatic carbocycles. The van der Waals surface area contributed by atoms with Crippen molar-refractivity contribution in [3.8, 4) is 22.8 Å². The van der Waals surface area contributed by atoms with Gasteiger partial charge in [0.1, 0.15) is 5.76 Å². The minimum Gasteiger partial charge on any atom is -0.453 e. The zero-order valence-electron chi connectivity index (χ0n) is 11.0. The summed E-state index contributed by atoms with van der Waals surface area (Å²) in [6.07, 6.45) is 0. The van der Waals surface area contributed by atoms with Crippen LogP contribution >= 0.6 is 0 Å². The third kappa shape index (κ3) is 1.82. The summed E-state index contributed by atoms with van der Waals surface area (Å²) in [7, 11) is 0. The summed E-state index contributed by atoms with van der Waals surface area (Å²) >= 11 is 0. The molecule has 3 aromatic rings. The average Bonchev–Trinajstić information content (AvgIpc) is 2.96. The Morgan fingerprint density at radius 2 is 1.81 bits per heavy atom. The van der Waals surface area contributed by atoms with Gasteiger partial charge in [0, 0.05) is 17.3 Å². The number of rotatable bonds is 1. The topological polar surface area (TPSA) is 74.7 Å². The van der Waals surface area contributed by atoms with Gasteiger partial charge in [-0.1, -0.05) is 0 Å². The SMILES string of the molecule is Nc1ccc(-c2cc(=O)c3ccc4c(c3o2)OCO4)cc1. The predicted molar refractivity (Wildman–Crippen MR) is 78.5 cm³/mol. The van der Waals surface area contributed by atoms with Gasteiger partial charge in [0.15, 0.2) is 16.8 Å². The summed E-state index contributed by atoms with van der Waals surface area (Å²) in [5.74, 6) is 1.53. The zero-order valence-corrected chi connectivity index (χ0v) is 11.0. The first-order valence-corrected chi connectivity index (χ1v) is 6.45. The molecular weight excluding hydrogens is 270 g/mol. The average molecular weight is 281 g/mol. The number of nitrogens with two attached hydrogens (primary N) is 1. The van der Waals surface area contributed by atoms with E-state index in [2.05, 4.69) is 0 Å². The van der Waals surface area contributed by atoms with Crippen LogP contribution in [0.1, 0.15) is 0 Å². The molecule has 5 nitrogen and oxygen atoms in total. The molecule has 0 amide bonds. The Morgan fingerprint density at radius 3 is 2.62 bits per heavy atom. The van der Waals surface area contributed by atoms with Crippen LogP contribution in [0.3, 0.4) is 0 Å². The van der Waals surface area contributed by atoms with E-state index in [9.17, 15) is 4.79 Å². The molecule has 0 unspecified atom stereocenters. The van der Waals surface area contributed by atoms with E-state index in [0.717, 1.165) is 5.56 Å². The van der Waals surface area contributed by atoms with E-state index in [1.807, 2.05) is 0 Å². The standard InChI is InChI=1S/C16H11NO4/c17-10-3-1-9(2-4-10)14-7-12(18)11-5-6-13-16(15(11)21-14)20-8-19-13/h1-7H,8,17H2. The second kappa shape index (κ2) is 4.28. The molecule has 2 heterocycles. The van der Waals surface area contributed by atoms with Crippen molar-refractivity contribution in [2.75, 3.05) is 12.5 Å². The Bertz CT molecular complexity index is 897. The molecule has 0 spiro atoms. The summed E-state index contributed by atoms with van der Waals surface area (Å²) in [5, 5.41) is 0.471. The van der Waals surface area contributed by atoms with Gasteiger partial charge in [0.25, 0.3) is 0 Å². The lowest BCUT2D eigenvalue weighted by Gasteiger charge is -2.05. The Balaban J connectivity index is 2.00. The largest absolute Gasteiger partial charge is 0.453 e. The summed E-state index contributed by atoms with van der Waals surface area (Å²) < 4.78 is 16.6. The molecule has 1 aliphatic heterocycles. The minimum atomic E-state index is -0.124. The van der Waals surface area contributed by atoms with Crippen LogP contribution in [0.4, 0.5) is 5.69 Å². The molecule has 0 fully saturated rings. The van der Waals surface area contributed by atoms with Gasteiger partial charge in [0.05, 0.1) is 5.39 Å². The quantitative estimate of drug-likeness (QED) is 0.694. The highest BCUT2D eigenvalue weighted by Crippen LogP contribution is 2.39. The van der Waals surface area contributed by atoms with Gasteiger partial charge in [-0.3, -0.25) is 4.79 Å². The van der Waals surface area contributed by atoms with Crippen molar-refractivity contribution < 1.29 is 13.9 Å². The Morgan fingerprint density at radius 1 is 1.00 bits per heavy atom. The van der Waals surface area contributed by atoms with Gasteiger partial charge >= 0.3 is 0 Å². The first-order valence-electron chi connectivity index (χ1n) is 6.45. The third-order valence-electron chi connectivity index (χ3n) is 3.43. The third-order valence-corrected chi connectivity index (χ3v) is 3.43. The van der Waals surface area contributed by atoms with E-state index in [-0.39, 0.29) is 12.2 Å². The smallest absolute Gasteiger partial charge is 0.231 e. The summed E-state index contributed by atoms with van der Waals surface area (Å²) in [6.45, 7) is 0.129. The van der Waals surface area contributed by atoms with Gasteiger partial charge in [-0.05, 0) is 36.4 Å². The van der Waals surface area contributed by atoms with Crippen LogP contribution in [0, 0.1) is 0 Å². The van der Waals surface area contributed by atoms with Crippen LogP contribution in [0.25, 0.3) is 22.3 Å². The highest BCUT2D eigenvalue weighted by atomic mass is 16.7. The van der Waals surface area contributed by atoms with Gasteiger partial charge in [-0.15, -0.1) is 0 Å². The minimum absolute atomic E-state index is 0.124. The molecule has 0 atom stereocenters.